The van der Waals surface area contributed by atoms with Gasteiger partial charge in [-0.05, 0) is 59.7 Å². The van der Waals surface area contributed by atoms with Crippen LogP contribution in [0.3, 0.4) is 0 Å². The van der Waals surface area contributed by atoms with Crippen LogP contribution in [0.5, 0.6) is 0 Å². The molecule has 3 heteroatoms. The van der Waals surface area contributed by atoms with Crippen LogP contribution in [-0.2, 0) is 0 Å². The van der Waals surface area contributed by atoms with Crippen LogP contribution in [-0.4, -0.2) is 18.2 Å². The number of aryl methyl sites for hydroxylation is 1. The smallest absolute Gasteiger partial charge is 0.227 e. The molecule has 0 radical (unpaired) electrons. The van der Waals surface area contributed by atoms with E-state index in [9.17, 15) is 0 Å². The molecule has 0 atom stereocenters. The zero-order valence-corrected chi connectivity index (χ0v) is 18.8. The van der Waals surface area contributed by atoms with Crippen molar-refractivity contribution in [1.82, 2.24) is 4.98 Å². The highest BCUT2D eigenvalue weighted by atomic mass is 16.3. The Hall–Kier alpha value is -3.46. The van der Waals surface area contributed by atoms with Gasteiger partial charge >= 0.3 is 0 Å². The number of pyridine rings is 1. The Morgan fingerprint density at radius 3 is 2.65 bits per heavy atom. The first-order chi connectivity index (χ1) is 15.0. The molecule has 31 heavy (non-hydrogen) atoms. The highest BCUT2D eigenvalue weighted by molar-refractivity contribution is 6.11. The summed E-state index contributed by atoms with van der Waals surface area (Å²) < 4.78 is 6.17. The number of hydrogen-bond acceptors (Lipinski definition) is 3. The highest BCUT2D eigenvalue weighted by Crippen LogP contribution is 2.35. The van der Waals surface area contributed by atoms with Gasteiger partial charge in [-0.2, -0.15) is 0 Å². The van der Waals surface area contributed by atoms with Gasteiger partial charge in [-0.15, -0.1) is 0 Å². The van der Waals surface area contributed by atoms with E-state index in [1.807, 2.05) is 19.3 Å². The molecule has 0 aliphatic carbocycles. The molecule has 3 nitrogen and oxygen atoms in total. The molecule has 0 unspecified atom stereocenters. The van der Waals surface area contributed by atoms with Gasteiger partial charge in [0, 0.05) is 35.8 Å². The molecule has 0 fully saturated rings. The normalized spacial score (nSPS) is 13.2. The van der Waals surface area contributed by atoms with Crippen molar-refractivity contribution in [3.05, 3.63) is 89.1 Å². The third-order valence-electron chi connectivity index (χ3n) is 5.69. The van der Waals surface area contributed by atoms with E-state index in [0.29, 0.717) is 11.6 Å². The Morgan fingerprint density at radius 1 is 1.03 bits per heavy atom. The topological polar surface area (TPSA) is 38.4 Å². The molecule has 156 valence electrons. The van der Waals surface area contributed by atoms with Crippen molar-refractivity contribution in [1.29, 1.82) is 0 Å². The predicted molar refractivity (Wildman–Crippen MR) is 133 cm³/mol. The average molecular weight is 409 g/mol. The summed E-state index contributed by atoms with van der Waals surface area (Å²) in [6.45, 7) is 8.68. The van der Waals surface area contributed by atoms with E-state index in [-0.39, 0.29) is 0 Å². The van der Waals surface area contributed by atoms with Gasteiger partial charge in [-0.3, -0.25) is 4.99 Å². The van der Waals surface area contributed by atoms with E-state index in [2.05, 4.69) is 92.3 Å². The number of hydrogen-bond donors (Lipinski definition) is 0. The molecule has 0 saturated carbocycles. The molecule has 2 aromatic heterocycles. The minimum absolute atomic E-state index is 0.485. The SMILES string of the molecule is CN=C/C(=C\C=C(/C)c1c(C)ccc2c1oc1ncccc12)c1cccc(C(C)C)c1. The van der Waals surface area contributed by atoms with Gasteiger partial charge in [0.15, 0.2) is 0 Å². The summed E-state index contributed by atoms with van der Waals surface area (Å²) in [5.41, 5.74) is 8.59. The minimum atomic E-state index is 0.485. The second-order valence-corrected chi connectivity index (χ2v) is 8.23. The predicted octanol–water partition coefficient (Wildman–Crippen LogP) is 7.60. The monoisotopic (exact) mass is 408 g/mol. The van der Waals surface area contributed by atoms with Gasteiger partial charge in [0.2, 0.25) is 5.71 Å². The molecule has 2 heterocycles. The molecule has 0 aliphatic rings. The average Bonchev–Trinajstić information content (AvgIpc) is 3.14. The van der Waals surface area contributed by atoms with Crippen LogP contribution in [0.2, 0.25) is 0 Å². The van der Waals surface area contributed by atoms with Crippen LogP contribution in [0, 0.1) is 6.92 Å². The van der Waals surface area contributed by atoms with Crippen LogP contribution in [0.1, 0.15) is 48.9 Å². The molecule has 0 aliphatic heterocycles. The lowest BCUT2D eigenvalue weighted by Gasteiger charge is -2.09. The lowest BCUT2D eigenvalue weighted by atomic mass is 9.96. The van der Waals surface area contributed by atoms with Crippen molar-refractivity contribution < 1.29 is 4.42 Å². The number of fused-ring (bicyclic) bond motifs is 3. The van der Waals surface area contributed by atoms with Gasteiger partial charge in [-0.1, -0.05) is 62.4 Å². The summed E-state index contributed by atoms with van der Waals surface area (Å²) in [6.07, 6.45) is 7.98. The van der Waals surface area contributed by atoms with E-state index in [1.54, 1.807) is 6.20 Å². The molecule has 0 bridgehead atoms. The molecule has 0 saturated heterocycles. The summed E-state index contributed by atoms with van der Waals surface area (Å²) in [5, 5.41) is 2.15. The van der Waals surface area contributed by atoms with Gasteiger partial charge in [0.05, 0.1) is 0 Å². The summed E-state index contributed by atoms with van der Waals surface area (Å²) >= 11 is 0. The van der Waals surface area contributed by atoms with Crippen LogP contribution in [0.15, 0.2) is 76.3 Å². The number of benzene rings is 2. The lowest BCUT2D eigenvalue weighted by Crippen LogP contribution is -1.92. The number of rotatable bonds is 5. The fourth-order valence-electron chi connectivity index (χ4n) is 3.99. The Labute approximate surface area is 183 Å². The fourth-order valence-corrected chi connectivity index (χ4v) is 3.99. The first kappa shape index (κ1) is 20.8. The summed E-state index contributed by atoms with van der Waals surface area (Å²) in [5.74, 6) is 0.485. The number of aromatic nitrogens is 1. The van der Waals surface area contributed by atoms with Crippen molar-refractivity contribution in [3.8, 4) is 0 Å². The van der Waals surface area contributed by atoms with Gasteiger partial charge in [0.1, 0.15) is 5.58 Å². The first-order valence-corrected chi connectivity index (χ1v) is 10.7. The van der Waals surface area contributed by atoms with Crippen molar-refractivity contribution in [2.75, 3.05) is 7.05 Å². The Bertz CT molecular complexity index is 1340. The summed E-state index contributed by atoms with van der Waals surface area (Å²) in [7, 11) is 1.81. The minimum Gasteiger partial charge on any atom is -0.437 e. The quantitative estimate of drug-likeness (QED) is 0.252. The van der Waals surface area contributed by atoms with Crippen molar-refractivity contribution in [2.24, 2.45) is 4.99 Å². The zero-order valence-electron chi connectivity index (χ0n) is 18.8. The van der Waals surface area contributed by atoms with E-state index >= 15 is 0 Å². The molecule has 4 aromatic rings. The molecule has 4 rings (SSSR count). The summed E-state index contributed by atoms with van der Waals surface area (Å²) in [6, 6.07) is 17.0. The maximum Gasteiger partial charge on any atom is 0.227 e. The van der Waals surface area contributed by atoms with Crippen LogP contribution >= 0.6 is 0 Å². The standard InChI is InChI=1S/C28H28N2O/c1-18(2)21-8-6-9-22(16-21)23(17-29-5)13-11-19(3)26-20(4)12-14-24-25-10-7-15-30-28(25)31-27(24)26/h6-18H,1-5H3/b19-11+,23-13+,29-17?. The highest BCUT2D eigenvalue weighted by Gasteiger charge is 2.14. The first-order valence-electron chi connectivity index (χ1n) is 10.7. The molecule has 0 spiro atoms. The number of aliphatic imine (C=N–C) groups is 1. The molecule has 0 amide bonds. The third kappa shape index (κ3) is 4.09. The Balaban J connectivity index is 1.82. The zero-order chi connectivity index (χ0) is 22.0. The second-order valence-electron chi connectivity index (χ2n) is 8.23. The van der Waals surface area contributed by atoms with Crippen LogP contribution in [0.4, 0.5) is 0 Å². The van der Waals surface area contributed by atoms with Gasteiger partial charge in [0.25, 0.3) is 0 Å². The fraction of sp³-hybridized carbons (Fsp3) is 0.214. The van der Waals surface area contributed by atoms with Crippen molar-refractivity contribution in [3.63, 3.8) is 0 Å². The molecular formula is C28H28N2O. The third-order valence-corrected chi connectivity index (χ3v) is 5.69. The molecule has 0 N–H and O–H groups in total. The maximum atomic E-state index is 6.17. The Morgan fingerprint density at radius 2 is 1.87 bits per heavy atom. The second kappa shape index (κ2) is 8.73. The molecule has 2 aromatic carbocycles. The van der Waals surface area contributed by atoms with E-state index in [4.69, 9.17) is 4.42 Å². The van der Waals surface area contributed by atoms with Gasteiger partial charge < -0.3 is 4.42 Å². The largest absolute Gasteiger partial charge is 0.437 e. The van der Waals surface area contributed by atoms with Crippen molar-refractivity contribution >= 4 is 39.4 Å². The number of furan rings is 1. The Kier molecular flexibility index (Phi) is 5.85. The number of allylic oxidation sites excluding steroid dienone is 4. The van der Waals surface area contributed by atoms with E-state index < -0.39 is 0 Å². The van der Waals surface area contributed by atoms with Crippen LogP contribution < -0.4 is 0 Å². The van der Waals surface area contributed by atoms with E-state index in [0.717, 1.165) is 33.1 Å². The lowest BCUT2D eigenvalue weighted by molar-refractivity contribution is 0.652. The maximum absolute atomic E-state index is 6.17. The summed E-state index contributed by atoms with van der Waals surface area (Å²) in [4.78, 5) is 8.68. The van der Waals surface area contributed by atoms with E-state index in [1.165, 1.54) is 16.7 Å². The molecular weight excluding hydrogens is 380 g/mol. The number of nitrogens with zero attached hydrogens (tertiary/aromatic N) is 2. The van der Waals surface area contributed by atoms with Crippen molar-refractivity contribution in [2.45, 2.75) is 33.6 Å². The van der Waals surface area contributed by atoms with Gasteiger partial charge in [-0.25, -0.2) is 4.98 Å². The van der Waals surface area contributed by atoms with Crippen LogP contribution in [0.25, 0.3) is 33.2 Å².